The molecule has 50 valence electrons. The van der Waals surface area contributed by atoms with Crippen LogP contribution in [0.5, 0.6) is 0 Å². The summed E-state index contributed by atoms with van der Waals surface area (Å²) in [6.07, 6.45) is 3.26. The van der Waals surface area contributed by atoms with Gasteiger partial charge in [-0.15, -0.1) is 6.58 Å². The van der Waals surface area contributed by atoms with Gasteiger partial charge in [0.25, 0.3) is 0 Å². The summed E-state index contributed by atoms with van der Waals surface area (Å²) in [4.78, 5) is 13.1. The molecule has 2 heteroatoms. The Labute approximate surface area is 55.3 Å². The van der Waals surface area contributed by atoms with Crippen LogP contribution in [0.15, 0.2) is 17.6 Å². The highest BCUT2D eigenvalue weighted by Gasteiger charge is 2.10. The molecular formula is C7H11NO. The second-order valence-corrected chi connectivity index (χ2v) is 2.60. The first-order chi connectivity index (χ1) is 4.12. The molecule has 0 fully saturated rings. The standard InChI is InChI=1S/C7H11NO/c1-4-7(2,3)5-8-6-9/h4H,1,5H2,2-3H3. The third-order valence-corrected chi connectivity index (χ3v) is 1.10. The van der Waals surface area contributed by atoms with Gasteiger partial charge in [-0.25, -0.2) is 9.79 Å². The van der Waals surface area contributed by atoms with E-state index in [-0.39, 0.29) is 5.41 Å². The van der Waals surface area contributed by atoms with Crippen LogP contribution in [-0.4, -0.2) is 12.6 Å². The molecule has 0 aliphatic carbocycles. The Balaban J connectivity index is 3.85. The van der Waals surface area contributed by atoms with Gasteiger partial charge in [0, 0.05) is 5.41 Å². The molecule has 0 unspecified atom stereocenters. The molecule has 0 saturated carbocycles. The molecule has 0 spiro atoms. The molecule has 0 aromatic carbocycles. The van der Waals surface area contributed by atoms with Gasteiger partial charge in [-0.2, -0.15) is 0 Å². The minimum Gasteiger partial charge on any atom is -0.211 e. The van der Waals surface area contributed by atoms with Crippen LogP contribution in [0.25, 0.3) is 0 Å². The molecule has 9 heavy (non-hydrogen) atoms. The predicted molar refractivity (Wildman–Crippen MR) is 37.0 cm³/mol. The Morgan fingerprint density at radius 3 is 2.67 bits per heavy atom. The zero-order valence-electron chi connectivity index (χ0n) is 5.85. The van der Waals surface area contributed by atoms with Crippen molar-refractivity contribution >= 4 is 6.08 Å². The molecular weight excluding hydrogens is 114 g/mol. The van der Waals surface area contributed by atoms with Crippen molar-refractivity contribution in [1.29, 1.82) is 0 Å². The van der Waals surface area contributed by atoms with Crippen molar-refractivity contribution in [2.24, 2.45) is 10.4 Å². The highest BCUT2D eigenvalue weighted by molar-refractivity contribution is 5.33. The van der Waals surface area contributed by atoms with Crippen LogP contribution in [0, 0.1) is 5.41 Å². The van der Waals surface area contributed by atoms with Gasteiger partial charge < -0.3 is 0 Å². The summed E-state index contributed by atoms with van der Waals surface area (Å²) < 4.78 is 0. The Bertz CT molecular complexity index is 143. The van der Waals surface area contributed by atoms with Gasteiger partial charge in [0.05, 0.1) is 6.54 Å². The normalized spacial score (nSPS) is 10.0. The highest BCUT2D eigenvalue weighted by atomic mass is 16.1. The first kappa shape index (κ1) is 8.12. The first-order valence-corrected chi connectivity index (χ1v) is 2.79. The Morgan fingerprint density at radius 1 is 1.78 bits per heavy atom. The van der Waals surface area contributed by atoms with Crippen LogP contribution in [-0.2, 0) is 4.79 Å². The number of hydrogen-bond acceptors (Lipinski definition) is 2. The van der Waals surface area contributed by atoms with E-state index in [1.807, 2.05) is 13.8 Å². The van der Waals surface area contributed by atoms with E-state index in [9.17, 15) is 4.79 Å². The van der Waals surface area contributed by atoms with Crippen LogP contribution < -0.4 is 0 Å². The number of hydrogen-bond donors (Lipinski definition) is 0. The van der Waals surface area contributed by atoms with E-state index in [4.69, 9.17) is 0 Å². The second-order valence-electron chi connectivity index (χ2n) is 2.60. The first-order valence-electron chi connectivity index (χ1n) is 2.79. The van der Waals surface area contributed by atoms with Crippen molar-refractivity contribution < 1.29 is 4.79 Å². The van der Waals surface area contributed by atoms with E-state index in [0.717, 1.165) is 0 Å². The van der Waals surface area contributed by atoms with Crippen molar-refractivity contribution in [2.45, 2.75) is 13.8 Å². The second kappa shape index (κ2) is 3.21. The molecule has 2 nitrogen and oxygen atoms in total. The van der Waals surface area contributed by atoms with Gasteiger partial charge in [-0.1, -0.05) is 19.9 Å². The quantitative estimate of drug-likeness (QED) is 0.319. The lowest BCUT2D eigenvalue weighted by Gasteiger charge is -2.13. The monoisotopic (exact) mass is 125 g/mol. The number of rotatable bonds is 3. The molecule has 0 radical (unpaired) electrons. The van der Waals surface area contributed by atoms with Crippen molar-refractivity contribution in [2.75, 3.05) is 6.54 Å². The van der Waals surface area contributed by atoms with E-state index >= 15 is 0 Å². The van der Waals surface area contributed by atoms with Crippen molar-refractivity contribution in [3.8, 4) is 0 Å². The van der Waals surface area contributed by atoms with Crippen LogP contribution in [0.2, 0.25) is 0 Å². The minimum absolute atomic E-state index is 0.0720. The zero-order chi connectivity index (χ0) is 7.33. The van der Waals surface area contributed by atoms with Gasteiger partial charge in [0.1, 0.15) is 0 Å². The molecule has 0 heterocycles. The highest BCUT2D eigenvalue weighted by Crippen LogP contribution is 2.15. The molecule has 0 aromatic heterocycles. The number of aliphatic imine (C=N–C) groups is 1. The fourth-order valence-electron chi connectivity index (χ4n) is 0.301. The van der Waals surface area contributed by atoms with Gasteiger partial charge in [0.15, 0.2) is 0 Å². The Hall–Kier alpha value is -0.880. The average molecular weight is 125 g/mol. The predicted octanol–water partition coefficient (Wildman–Crippen LogP) is 1.53. The van der Waals surface area contributed by atoms with E-state index in [2.05, 4.69) is 11.6 Å². The summed E-state index contributed by atoms with van der Waals surface area (Å²) in [6.45, 7) is 7.99. The Kier molecular flexibility index (Phi) is 2.89. The maximum atomic E-state index is 9.64. The van der Waals surface area contributed by atoms with E-state index < -0.39 is 0 Å². The van der Waals surface area contributed by atoms with Crippen LogP contribution >= 0.6 is 0 Å². The lowest BCUT2D eigenvalue weighted by Crippen LogP contribution is -2.10. The SMILES string of the molecule is C=CC(C)(C)CN=C=O. The van der Waals surface area contributed by atoms with Crippen LogP contribution in [0.3, 0.4) is 0 Å². The van der Waals surface area contributed by atoms with E-state index in [1.54, 1.807) is 6.08 Å². The maximum Gasteiger partial charge on any atom is 0.234 e. The summed E-state index contributed by atoms with van der Waals surface area (Å²) in [5, 5.41) is 0. The Morgan fingerprint density at radius 2 is 2.33 bits per heavy atom. The molecule has 0 bridgehead atoms. The van der Waals surface area contributed by atoms with E-state index in [1.165, 1.54) is 6.08 Å². The summed E-state index contributed by atoms with van der Waals surface area (Å²) in [5.41, 5.74) is -0.0720. The maximum absolute atomic E-state index is 9.64. The lowest BCUT2D eigenvalue weighted by atomic mass is 9.94. The number of carbonyl (C=O) groups excluding carboxylic acids is 1. The molecule has 0 atom stereocenters. The molecule has 0 saturated heterocycles. The molecule has 0 amide bonds. The molecule has 0 aromatic rings. The van der Waals surface area contributed by atoms with Crippen molar-refractivity contribution in [3.63, 3.8) is 0 Å². The third kappa shape index (κ3) is 3.68. The average Bonchev–Trinajstić information content (AvgIpc) is 1.84. The van der Waals surface area contributed by atoms with Crippen LogP contribution in [0.1, 0.15) is 13.8 Å². The smallest absolute Gasteiger partial charge is 0.211 e. The summed E-state index contributed by atoms with van der Waals surface area (Å²) in [7, 11) is 0. The lowest BCUT2D eigenvalue weighted by molar-refractivity contribution is 0.491. The van der Waals surface area contributed by atoms with Gasteiger partial charge in [-0.05, 0) is 0 Å². The van der Waals surface area contributed by atoms with Gasteiger partial charge in [-0.3, -0.25) is 0 Å². The summed E-state index contributed by atoms with van der Waals surface area (Å²) in [6, 6.07) is 0. The summed E-state index contributed by atoms with van der Waals surface area (Å²) >= 11 is 0. The molecule has 0 aliphatic heterocycles. The largest absolute Gasteiger partial charge is 0.234 e. The topological polar surface area (TPSA) is 29.4 Å². The third-order valence-electron chi connectivity index (χ3n) is 1.10. The van der Waals surface area contributed by atoms with E-state index in [0.29, 0.717) is 6.54 Å². The molecule has 0 rings (SSSR count). The van der Waals surface area contributed by atoms with Crippen molar-refractivity contribution in [3.05, 3.63) is 12.7 Å². The molecule has 0 aliphatic rings. The van der Waals surface area contributed by atoms with Gasteiger partial charge >= 0.3 is 0 Å². The number of isocyanates is 1. The summed E-state index contributed by atoms with van der Waals surface area (Å²) in [5.74, 6) is 0. The molecule has 0 N–H and O–H groups in total. The fourth-order valence-corrected chi connectivity index (χ4v) is 0.301. The number of nitrogens with zero attached hydrogens (tertiary/aromatic N) is 1. The minimum atomic E-state index is -0.0720. The van der Waals surface area contributed by atoms with Crippen molar-refractivity contribution in [1.82, 2.24) is 0 Å². The zero-order valence-corrected chi connectivity index (χ0v) is 5.85. The fraction of sp³-hybridized carbons (Fsp3) is 0.571. The van der Waals surface area contributed by atoms with Crippen LogP contribution in [0.4, 0.5) is 0 Å². The van der Waals surface area contributed by atoms with Gasteiger partial charge in [0.2, 0.25) is 6.08 Å².